The van der Waals surface area contributed by atoms with Gasteiger partial charge in [-0.3, -0.25) is 9.59 Å². The number of amides is 1. The molecule has 1 amide bonds. The summed E-state index contributed by atoms with van der Waals surface area (Å²) in [4.78, 5) is 21.9. The normalized spacial score (nSPS) is 11.3. The Morgan fingerprint density at radius 2 is 1.68 bits per heavy atom. The fourth-order valence-corrected chi connectivity index (χ4v) is 1.93. The van der Waals surface area contributed by atoms with E-state index < -0.39 is 5.97 Å². The second-order valence-corrected chi connectivity index (χ2v) is 6.00. The van der Waals surface area contributed by atoms with E-state index in [-0.39, 0.29) is 17.7 Å². The lowest BCUT2D eigenvalue weighted by atomic mass is 9.87. The Morgan fingerprint density at radius 3 is 2.26 bits per heavy atom. The third-order valence-corrected chi connectivity index (χ3v) is 3.27. The van der Waals surface area contributed by atoms with Crippen LogP contribution in [0, 0.1) is 5.41 Å². The molecule has 0 aromatic carbocycles. The maximum atomic E-state index is 11.6. The van der Waals surface area contributed by atoms with Gasteiger partial charge in [0.05, 0.1) is 0 Å². The topological polar surface area (TPSA) is 66.4 Å². The molecule has 19 heavy (non-hydrogen) atoms. The standard InChI is InChI=1S/C15H29NO3/c1-4-5-8-11-15(2,3)12-16-13(17)9-6-7-10-14(18)19/h4-12H2,1-3H3,(H,16,17)(H,18,19). The molecule has 0 aliphatic rings. The summed E-state index contributed by atoms with van der Waals surface area (Å²) in [6, 6.07) is 0. The summed E-state index contributed by atoms with van der Waals surface area (Å²) in [7, 11) is 0. The molecule has 0 aliphatic heterocycles. The van der Waals surface area contributed by atoms with E-state index in [4.69, 9.17) is 5.11 Å². The molecule has 112 valence electrons. The number of hydrogen-bond donors (Lipinski definition) is 2. The Morgan fingerprint density at radius 1 is 1.05 bits per heavy atom. The minimum Gasteiger partial charge on any atom is -0.481 e. The summed E-state index contributed by atoms with van der Waals surface area (Å²) >= 11 is 0. The highest BCUT2D eigenvalue weighted by Gasteiger charge is 2.18. The molecule has 0 rings (SSSR count). The lowest BCUT2D eigenvalue weighted by molar-refractivity contribution is -0.137. The van der Waals surface area contributed by atoms with E-state index in [1.807, 2.05) is 0 Å². The van der Waals surface area contributed by atoms with E-state index in [0.717, 1.165) is 6.42 Å². The quantitative estimate of drug-likeness (QED) is 0.566. The van der Waals surface area contributed by atoms with Gasteiger partial charge in [-0.1, -0.05) is 40.0 Å². The van der Waals surface area contributed by atoms with Gasteiger partial charge in [-0.2, -0.15) is 0 Å². The van der Waals surface area contributed by atoms with E-state index in [9.17, 15) is 9.59 Å². The fraction of sp³-hybridized carbons (Fsp3) is 0.867. The van der Waals surface area contributed by atoms with Crippen LogP contribution in [0.25, 0.3) is 0 Å². The molecule has 0 atom stereocenters. The van der Waals surface area contributed by atoms with Crippen LogP contribution < -0.4 is 5.32 Å². The van der Waals surface area contributed by atoms with Crippen LogP contribution in [0.3, 0.4) is 0 Å². The van der Waals surface area contributed by atoms with Crippen LogP contribution in [-0.2, 0) is 9.59 Å². The maximum absolute atomic E-state index is 11.6. The number of carboxylic acids is 1. The van der Waals surface area contributed by atoms with Gasteiger partial charge in [0, 0.05) is 19.4 Å². The summed E-state index contributed by atoms with van der Waals surface area (Å²) in [6.07, 6.45) is 6.59. The number of rotatable bonds is 11. The zero-order valence-corrected chi connectivity index (χ0v) is 12.6. The van der Waals surface area contributed by atoms with Crippen molar-refractivity contribution in [3.63, 3.8) is 0 Å². The maximum Gasteiger partial charge on any atom is 0.303 e. The predicted molar refractivity (Wildman–Crippen MR) is 77.0 cm³/mol. The first-order chi connectivity index (χ1) is 8.87. The molecule has 4 heteroatoms. The number of hydrogen-bond acceptors (Lipinski definition) is 2. The Balaban J connectivity index is 3.67. The van der Waals surface area contributed by atoms with Gasteiger partial charge in [-0.25, -0.2) is 0 Å². The van der Waals surface area contributed by atoms with Crippen LogP contribution in [0.5, 0.6) is 0 Å². The molecule has 0 heterocycles. The van der Waals surface area contributed by atoms with Gasteiger partial charge in [0.25, 0.3) is 0 Å². The molecule has 2 N–H and O–H groups in total. The van der Waals surface area contributed by atoms with Crippen molar-refractivity contribution in [2.24, 2.45) is 5.41 Å². The predicted octanol–water partition coefficient (Wildman–Crippen LogP) is 3.35. The molecule has 0 aromatic rings. The molecule has 0 spiro atoms. The number of aliphatic carboxylic acids is 1. The average molecular weight is 271 g/mol. The van der Waals surface area contributed by atoms with Crippen molar-refractivity contribution in [1.82, 2.24) is 5.32 Å². The molecule has 0 radical (unpaired) electrons. The van der Waals surface area contributed by atoms with Gasteiger partial charge in [0.15, 0.2) is 0 Å². The van der Waals surface area contributed by atoms with Gasteiger partial charge >= 0.3 is 5.97 Å². The van der Waals surface area contributed by atoms with Crippen molar-refractivity contribution in [2.75, 3.05) is 6.54 Å². The monoisotopic (exact) mass is 271 g/mol. The third kappa shape index (κ3) is 11.7. The van der Waals surface area contributed by atoms with Crippen LogP contribution >= 0.6 is 0 Å². The molecule has 0 fully saturated rings. The number of carboxylic acid groups (broad SMARTS) is 1. The number of nitrogens with one attached hydrogen (secondary N) is 1. The molecule has 0 bridgehead atoms. The van der Waals surface area contributed by atoms with Crippen molar-refractivity contribution < 1.29 is 14.7 Å². The van der Waals surface area contributed by atoms with E-state index in [1.165, 1.54) is 19.3 Å². The summed E-state index contributed by atoms with van der Waals surface area (Å²) in [5.74, 6) is -0.758. The molecular weight excluding hydrogens is 242 g/mol. The smallest absolute Gasteiger partial charge is 0.303 e. The van der Waals surface area contributed by atoms with Crippen LogP contribution in [0.2, 0.25) is 0 Å². The van der Waals surface area contributed by atoms with Gasteiger partial charge in [0.2, 0.25) is 5.91 Å². The Bertz CT molecular complexity index is 275. The highest BCUT2D eigenvalue weighted by molar-refractivity contribution is 5.75. The van der Waals surface area contributed by atoms with E-state index in [0.29, 0.717) is 25.8 Å². The minimum absolute atomic E-state index is 0.0361. The first kappa shape index (κ1) is 17.9. The van der Waals surface area contributed by atoms with Crippen molar-refractivity contribution in [2.45, 2.75) is 72.1 Å². The molecular formula is C15H29NO3. The molecule has 0 unspecified atom stereocenters. The lowest BCUT2D eigenvalue weighted by Gasteiger charge is -2.25. The average Bonchev–Trinajstić information content (AvgIpc) is 2.32. The van der Waals surface area contributed by atoms with Gasteiger partial charge in [0.1, 0.15) is 0 Å². The van der Waals surface area contributed by atoms with E-state index in [2.05, 4.69) is 26.1 Å². The SMILES string of the molecule is CCCCCC(C)(C)CNC(=O)CCCCC(=O)O. The number of unbranched alkanes of at least 4 members (excludes halogenated alkanes) is 3. The molecule has 0 saturated carbocycles. The van der Waals surface area contributed by atoms with Crippen molar-refractivity contribution in [1.29, 1.82) is 0 Å². The summed E-state index contributed by atoms with van der Waals surface area (Å²) in [5, 5.41) is 11.4. The molecule has 0 saturated heterocycles. The van der Waals surface area contributed by atoms with Crippen LogP contribution in [0.1, 0.15) is 72.1 Å². The number of carbonyl (C=O) groups excluding carboxylic acids is 1. The van der Waals surface area contributed by atoms with Crippen LogP contribution in [-0.4, -0.2) is 23.5 Å². The lowest BCUT2D eigenvalue weighted by Crippen LogP contribution is -2.33. The number of carbonyl (C=O) groups is 2. The highest BCUT2D eigenvalue weighted by atomic mass is 16.4. The molecule has 0 aromatic heterocycles. The minimum atomic E-state index is -0.794. The van der Waals surface area contributed by atoms with Gasteiger partial charge < -0.3 is 10.4 Å². The first-order valence-electron chi connectivity index (χ1n) is 7.36. The van der Waals surface area contributed by atoms with Crippen molar-refractivity contribution >= 4 is 11.9 Å². The zero-order chi connectivity index (χ0) is 14.7. The second-order valence-electron chi connectivity index (χ2n) is 6.00. The Kier molecular flexibility index (Phi) is 9.27. The third-order valence-electron chi connectivity index (χ3n) is 3.27. The Hall–Kier alpha value is -1.06. The summed E-state index contributed by atoms with van der Waals surface area (Å²) in [6.45, 7) is 7.24. The zero-order valence-electron chi connectivity index (χ0n) is 12.6. The molecule has 4 nitrogen and oxygen atoms in total. The summed E-state index contributed by atoms with van der Waals surface area (Å²) < 4.78 is 0. The highest BCUT2D eigenvalue weighted by Crippen LogP contribution is 2.22. The van der Waals surface area contributed by atoms with Gasteiger partial charge in [-0.05, 0) is 24.7 Å². The van der Waals surface area contributed by atoms with Crippen molar-refractivity contribution in [3.8, 4) is 0 Å². The first-order valence-corrected chi connectivity index (χ1v) is 7.36. The largest absolute Gasteiger partial charge is 0.481 e. The Labute approximate surface area is 117 Å². The summed E-state index contributed by atoms with van der Waals surface area (Å²) in [5.41, 5.74) is 0.145. The van der Waals surface area contributed by atoms with Crippen LogP contribution in [0.4, 0.5) is 0 Å². The van der Waals surface area contributed by atoms with E-state index >= 15 is 0 Å². The van der Waals surface area contributed by atoms with Crippen LogP contribution in [0.15, 0.2) is 0 Å². The van der Waals surface area contributed by atoms with Crippen molar-refractivity contribution in [3.05, 3.63) is 0 Å². The van der Waals surface area contributed by atoms with Gasteiger partial charge in [-0.15, -0.1) is 0 Å². The molecule has 0 aliphatic carbocycles. The second kappa shape index (κ2) is 9.82. The van der Waals surface area contributed by atoms with E-state index in [1.54, 1.807) is 0 Å². The fourth-order valence-electron chi connectivity index (χ4n) is 1.93.